The normalized spacial score (nSPS) is 14.6. The molecule has 3 nitrogen and oxygen atoms in total. The topological polar surface area (TPSA) is 48.1 Å². The Kier molecular flexibility index (Phi) is 8.48. The minimum atomic E-state index is -0.224. The number of methoxy groups -OCH3 is 1. The number of aromatic nitrogens is 1. The number of rotatable bonds is 6. The van der Waals surface area contributed by atoms with Crippen LogP contribution in [0.1, 0.15) is 51.8 Å². The average Bonchev–Trinajstić information content (AvgIpc) is 3.52. The zero-order chi connectivity index (χ0) is 22.8. The van der Waals surface area contributed by atoms with Crippen LogP contribution in [0.15, 0.2) is 36.4 Å². The maximum absolute atomic E-state index is 6.61. The van der Waals surface area contributed by atoms with Gasteiger partial charge in [0, 0.05) is 16.4 Å². The summed E-state index contributed by atoms with van der Waals surface area (Å²) in [4.78, 5) is 5.88. The fourth-order valence-electron chi connectivity index (χ4n) is 4.03. The standard InChI is InChI=1S/C27H29ClN2OS.ClH/c1-16-5-9-20(10-6-16)21(14-19-7-8-19)24(29)11-12-26-30-27(18(3)32-26)22-13-17(2)25(31-4)15-23(22)28;/h5-6,9-10,13,15,19,21,24H,7-8,14,29H2,1-4H3;1H/t21?,24-;/m1./s1. The fourth-order valence-corrected chi connectivity index (χ4v) is 5.06. The smallest absolute Gasteiger partial charge is 0.167 e. The minimum absolute atomic E-state index is 0. The average molecular weight is 502 g/mol. The van der Waals surface area contributed by atoms with Crippen LogP contribution in [-0.2, 0) is 0 Å². The molecule has 0 radical (unpaired) electrons. The van der Waals surface area contributed by atoms with Crippen molar-refractivity contribution < 1.29 is 4.74 Å². The lowest BCUT2D eigenvalue weighted by atomic mass is 9.87. The number of thiazole rings is 1. The highest BCUT2D eigenvalue weighted by Gasteiger charge is 2.29. The van der Waals surface area contributed by atoms with E-state index in [1.165, 1.54) is 24.0 Å². The third kappa shape index (κ3) is 6.11. The molecule has 1 fully saturated rings. The van der Waals surface area contributed by atoms with Crippen LogP contribution in [0.4, 0.5) is 0 Å². The molecule has 1 unspecified atom stereocenters. The van der Waals surface area contributed by atoms with E-state index in [0.717, 1.165) is 44.8 Å². The highest BCUT2D eigenvalue weighted by atomic mass is 35.5. The Morgan fingerprint density at radius 2 is 1.88 bits per heavy atom. The molecule has 3 aromatic rings. The third-order valence-corrected chi connectivity index (χ3v) is 7.30. The number of benzene rings is 2. The van der Waals surface area contributed by atoms with Gasteiger partial charge in [0.25, 0.3) is 0 Å². The van der Waals surface area contributed by atoms with E-state index in [-0.39, 0.29) is 24.4 Å². The van der Waals surface area contributed by atoms with Crippen LogP contribution in [0.5, 0.6) is 5.75 Å². The number of hydrogen-bond acceptors (Lipinski definition) is 4. The van der Waals surface area contributed by atoms with Gasteiger partial charge in [0.2, 0.25) is 0 Å². The molecule has 4 rings (SSSR count). The van der Waals surface area contributed by atoms with E-state index < -0.39 is 0 Å². The summed E-state index contributed by atoms with van der Waals surface area (Å²) in [7, 11) is 1.65. The lowest BCUT2D eigenvalue weighted by Gasteiger charge is -2.20. The second-order valence-corrected chi connectivity index (χ2v) is 10.3. The van der Waals surface area contributed by atoms with Crippen LogP contribution < -0.4 is 10.5 Å². The molecule has 0 saturated heterocycles. The first-order valence-electron chi connectivity index (χ1n) is 11.0. The molecular formula is C27H30Cl2N2OS. The SMILES string of the molecule is COc1cc(Cl)c(-c2nc(C#C[C@@H](N)C(CC3CC3)c3ccc(C)cc3)sc2C)cc1C.Cl. The quantitative estimate of drug-likeness (QED) is 0.367. The summed E-state index contributed by atoms with van der Waals surface area (Å²) < 4.78 is 5.38. The van der Waals surface area contributed by atoms with E-state index in [2.05, 4.69) is 50.0 Å². The molecule has 6 heteroatoms. The van der Waals surface area contributed by atoms with Gasteiger partial charge < -0.3 is 10.5 Å². The Morgan fingerprint density at radius 3 is 2.52 bits per heavy atom. The van der Waals surface area contributed by atoms with Gasteiger partial charge in [-0.1, -0.05) is 60.2 Å². The molecule has 0 amide bonds. The number of aryl methyl sites for hydroxylation is 3. The molecule has 174 valence electrons. The summed E-state index contributed by atoms with van der Waals surface area (Å²) in [6, 6.07) is 12.4. The first-order chi connectivity index (χ1) is 15.4. The molecule has 2 N–H and O–H groups in total. The van der Waals surface area contributed by atoms with Crippen LogP contribution >= 0.6 is 35.3 Å². The van der Waals surface area contributed by atoms with Crippen LogP contribution in [0.3, 0.4) is 0 Å². The molecule has 0 spiro atoms. The predicted octanol–water partition coefficient (Wildman–Crippen LogP) is 7.08. The van der Waals surface area contributed by atoms with E-state index in [1.807, 2.05) is 19.1 Å². The number of hydrogen-bond donors (Lipinski definition) is 1. The molecule has 1 aromatic heterocycles. The Labute approximate surface area is 212 Å². The molecule has 2 atom stereocenters. The second-order valence-electron chi connectivity index (χ2n) is 8.72. The second kappa shape index (κ2) is 10.9. The third-order valence-electron chi connectivity index (χ3n) is 6.11. The molecule has 0 bridgehead atoms. The van der Waals surface area contributed by atoms with Gasteiger partial charge in [-0.3, -0.25) is 0 Å². The first-order valence-corrected chi connectivity index (χ1v) is 12.2. The van der Waals surface area contributed by atoms with E-state index in [0.29, 0.717) is 5.02 Å². The van der Waals surface area contributed by atoms with Gasteiger partial charge in [-0.15, -0.1) is 23.7 Å². The van der Waals surface area contributed by atoms with Crippen LogP contribution in [0, 0.1) is 38.5 Å². The van der Waals surface area contributed by atoms with Crippen molar-refractivity contribution in [1.82, 2.24) is 4.98 Å². The minimum Gasteiger partial charge on any atom is -0.496 e. The van der Waals surface area contributed by atoms with Crippen molar-refractivity contribution in [3.8, 4) is 28.8 Å². The van der Waals surface area contributed by atoms with Gasteiger partial charge in [-0.2, -0.15) is 0 Å². The van der Waals surface area contributed by atoms with E-state index >= 15 is 0 Å². The van der Waals surface area contributed by atoms with Gasteiger partial charge in [0.15, 0.2) is 5.01 Å². The monoisotopic (exact) mass is 500 g/mol. The maximum atomic E-state index is 6.61. The van der Waals surface area contributed by atoms with Crippen LogP contribution in [0.25, 0.3) is 11.3 Å². The Balaban J connectivity index is 0.00000306. The summed E-state index contributed by atoms with van der Waals surface area (Å²) in [5, 5.41) is 1.40. The zero-order valence-corrected chi connectivity index (χ0v) is 21.8. The molecule has 1 aliphatic carbocycles. The van der Waals surface area contributed by atoms with Gasteiger partial charge >= 0.3 is 0 Å². The number of ether oxygens (including phenoxy) is 1. The van der Waals surface area contributed by atoms with E-state index in [1.54, 1.807) is 18.4 Å². The molecule has 1 aliphatic rings. The van der Waals surface area contributed by atoms with Crippen molar-refractivity contribution in [3.63, 3.8) is 0 Å². The summed E-state index contributed by atoms with van der Waals surface area (Å²) in [6.45, 7) is 6.17. The van der Waals surface area contributed by atoms with Crippen LogP contribution in [-0.4, -0.2) is 18.1 Å². The zero-order valence-electron chi connectivity index (χ0n) is 19.4. The van der Waals surface area contributed by atoms with E-state index in [4.69, 9.17) is 27.1 Å². The molecule has 33 heavy (non-hydrogen) atoms. The number of nitrogens with two attached hydrogens (primary N) is 1. The Morgan fingerprint density at radius 1 is 1.18 bits per heavy atom. The fraction of sp³-hybridized carbons (Fsp3) is 0.370. The molecule has 0 aliphatic heterocycles. The van der Waals surface area contributed by atoms with Crippen molar-refractivity contribution in [1.29, 1.82) is 0 Å². The molecule has 2 aromatic carbocycles. The summed E-state index contributed by atoms with van der Waals surface area (Å²) in [5.41, 5.74) is 12.0. The van der Waals surface area contributed by atoms with Gasteiger partial charge in [-0.05, 0) is 62.3 Å². The van der Waals surface area contributed by atoms with E-state index in [9.17, 15) is 0 Å². The Hall–Kier alpha value is -2.03. The molecule has 1 saturated carbocycles. The first kappa shape index (κ1) is 25.6. The molecule has 1 heterocycles. The Bertz CT molecular complexity index is 1170. The summed E-state index contributed by atoms with van der Waals surface area (Å²) in [5.74, 6) is 8.36. The number of nitrogens with zero attached hydrogens (tertiary/aromatic N) is 1. The van der Waals surface area contributed by atoms with Crippen molar-refractivity contribution >= 4 is 35.3 Å². The van der Waals surface area contributed by atoms with Crippen molar-refractivity contribution in [2.24, 2.45) is 11.7 Å². The lowest BCUT2D eigenvalue weighted by Crippen LogP contribution is -2.27. The van der Waals surface area contributed by atoms with Crippen molar-refractivity contribution in [2.75, 3.05) is 7.11 Å². The largest absolute Gasteiger partial charge is 0.496 e. The highest BCUT2D eigenvalue weighted by Crippen LogP contribution is 2.40. The summed E-state index contributed by atoms with van der Waals surface area (Å²) in [6.07, 6.45) is 3.71. The summed E-state index contributed by atoms with van der Waals surface area (Å²) >= 11 is 8.11. The molecular weight excluding hydrogens is 471 g/mol. The van der Waals surface area contributed by atoms with Crippen molar-refractivity contribution in [3.05, 3.63) is 68.0 Å². The van der Waals surface area contributed by atoms with Crippen molar-refractivity contribution in [2.45, 2.75) is 52.0 Å². The lowest BCUT2D eigenvalue weighted by molar-refractivity contribution is 0.412. The highest BCUT2D eigenvalue weighted by molar-refractivity contribution is 7.12. The van der Waals surface area contributed by atoms with Gasteiger partial charge in [0.05, 0.1) is 23.9 Å². The van der Waals surface area contributed by atoms with Gasteiger partial charge in [0.1, 0.15) is 5.75 Å². The van der Waals surface area contributed by atoms with Gasteiger partial charge in [-0.25, -0.2) is 4.98 Å². The number of halogens is 2. The predicted molar refractivity (Wildman–Crippen MR) is 142 cm³/mol. The maximum Gasteiger partial charge on any atom is 0.167 e. The van der Waals surface area contributed by atoms with Crippen LogP contribution in [0.2, 0.25) is 5.02 Å².